The molecule has 1 fully saturated rings. The molecule has 0 spiro atoms. The second-order valence-corrected chi connectivity index (χ2v) is 8.62. The number of aromatic nitrogens is 1. The van der Waals surface area contributed by atoms with Crippen LogP contribution in [0.5, 0.6) is 11.5 Å². The summed E-state index contributed by atoms with van der Waals surface area (Å²) in [7, 11) is 0. The van der Waals surface area contributed by atoms with Crippen molar-refractivity contribution in [3.8, 4) is 11.5 Å². The molecule has 5 nitrogen and oxygen atoms in total. The topological polar surface area (TPSA) is 51.7 Å². The van der Waals surface area contributed by atoms with Gasteiger partial charge in [0.2, 0.25) is 5.91 Å². The average molecular weight is 453 g/mol. The van der Waals surface area contributed by atoms with Crippen LogP contribution in [0.1, 0.15) is 24.0 Å². The van der Waals surface area contributed by atoms with E-state index in [0.29, 0.717) is 26.0 Å². The maximum absolute atomic E-state index is 12.9. The van der Waals surface area contributed by atoms with Gasteiger partial charge >= 0.3 is 0 Å². The molecule has 0 bridgehead atoms. The van der Waals surface area contributed by atoms with Gasteiger partial charge in [0, 0.05) is 31.0 Å². The molecule has 0 N–H and O–H groups in total. The van der Waals surface area contributed by atoms with E-state index in [4.69, 9.17) is 9.47 Å². The standard InChI is InChI=1S/C29H28N2O3/c32-28(15-14-22-9-4-12-25(19-22)33-21-23-7-2-1-3-8-23)31-18-16-26(20-31)34-27-13-5-10-24-11-6-17-30-29(24)27/h1-13,17,19,26H,14-16,18,20-21H2. The Balaban J connectivity index is 1.12. The van der Waals surface area contributed by atoms with Crippen molar-refractivity contribution >= 4 is 16.8 Å². The lowest BCUT2D eigenvalue weighted by Gasteiger charge is -2.18. The Bertz CT molecular complexity index is 1250. The number of nitrogens with zero attached hydrogens (tertiary/aromatic N) is 2. The van der Waals surface area contributed by atoms with Crippen molar-refractivity contribution in [2.75, 3.05) is 13.1 Å². The Hall–Kier alpha value is -3.86. The van der Waals surface area contributed by atoms with Crippen molar-refractivity contribution in [1.82, 2.24) is 9.88 Å². The van der Waals surface area contributed by atoms with E-state index in [1.54, 1.807) is 6.20 Å². The zero-order chi connectivity index (χ0) is 23.2. The van der Waals surface area contributed by atoms with Gasteiger partial charge in [-0.3, -0.25) is 9.78 Å². The highest BCUT2D eigenvalue weighted by molar-refractivity contribution is 5.84. The van der Waals surface area contributed by atoms with Gasteiger partial charge in [-0.15, -0.1) is 0 Å². The molecule has 2 heterocycles. The van der Waals surface area contributed by atoms with Crippen LogP contribution in [0.15, 0.2) is 91.1 Å². The van der Waals surface area contributed by atoms with Gasteiger partial charge in [-0.1, -0.05) is 60.7 Å². The zero-order valence-electron chi connectivity index (χ0n) is 19.1. The Morgan fingerprint density at radius 2 is 1.76 bits per heavy atom. The van der Waals surface area contributed by atoms with Crippen molar-refractivity contribution in [3.05, 3.63) is 102 Å². The minimum Gasteiger partial charge on any atom is -0.489 e. The van der Waals surface area contributed by atoms with E-state index in [2.05, 4.69) is 4.98 Å². The molecular formula is C29H28N2O3. The number of ether oxygens (including phenoxy) is 2. The third-order valence-corrected chi connectivity index (χ3v) is 6.16. The van der Waals surface area contributed by atoms with Gasteiger partial charge in [-0.05, 0) is 41.8 Å². The Labute approximate surface area is 200 Å². The quantitative estimate of drug-likeness (QED) is 0.358. The van der Waals surface area contributed by atoms with Gasteiger partial charge in [0.25, 0.3) is 0 Å². The average Bonchev–Trinajstić information content (AvgIpc) is 3.36. The molecular weight excluding hydrogens is 424 g/mol. The normalized spacial score (nSPS) is 15.4. The number of hydrogen-bond acceptors (Lipinski definition) is 4. The van der Waals surface area contributed by atoms with Crippen LogP contribution in [0.4, 0.5) is 0 Å². The molecule has 0 aliphatic carbocycles. The number of amides is 1. The molecule has 34 heavy (non-hydrogen) atoms. The SMILES string of the molecule is O=C(CCc1cccc(OCc2ccccc2)c1)N1CCC(Oc2cccc3cccnc23)C1. The van der Waals surface area contributed by atoms with Crippen LogP contribution in [0, 0.1) is 0 Å². The molecule has 172 valence electrons. The Kier molecular flexibility index (Phi) is 6.71. The predicted octanol–water partition coefficient (Wildman–Crippen LogP) is 5.43. The van der Waals surface area contributed by atoms with Crippen LogP contribution in [0.3, 0.4) is 0 Å². The van der Waals surface area contributed by atoms with Crippen molar-refractivity contribution in [3.63, 3.8) is 0 Å². The first kappa shape index (κ1) is 22.0. The molecule has 1 aromatic heterocycles. The van der Waals surface area contributed by atoms with E-state index < -0.39 is 0 Å². The van der Waals surface area contributed by atoms with Gasteiger partial charge in [0.05, 0.1) is 6.54 Å². The van der Waals surface area contributed by atoms with Gasteiger partial charge in [-0.2, -0.15) is 0 Å². The number of benzene rings is 3. The summed E-state index contributed by atoms with van der Waals surface area (Å²) in [5, 5.41) is 1.06. The molecule has 1 saturated heterocycles. The van der Waals surface area contributed by atoms with Gasteiger partial charge in [0.1, 0.15) is 29.7 Å². The van der Waals surface area contributed by atoms with Crippen molar-refractivity contribution in [2.24, 2.45) is 0 Å². The number of carbonyl (C=O) groups excluding carboxylic acids is 1. The van der Waals surface area contributed by atoms with Crippen LogP contribution in [0.25, 0.3) is 10.9 Å². The zero-order valence-corrected chi connectivity index (χ0v) is 19.1. The first-order valence-electron chi connectivity index (χ1n) is 11.8. The van der Waals surface area contributed by atoms with Crippen LogP contribution >= 0.6 is 0 Å². The number of rotatable bonds is 8. The van der Waals surface area contributed by atoms with Crippen molar-refractivity contribution in [2.45, 2.75) is 32.0 Å². The van der Waals surface area contributed by atoms with Crippen LogP contribution in [-0.4, -0.2) is 35.0 Å². The molecule has 0 saturated carbocycles. The fraction of sp³-hybridized carbons (Fsp3) is 0.241. The van der Waals surface area contributed by atoms with Crippen molar-refractivity contribution in [1.29, 1.82) is 0 Å². The summed E-state index contributed by atoms with van der Waals surface area (Å²) in [6.07, 6.45) is 3.77. The van der Waals surface area contributed by atoms with Crippen LogP contribution in [0.2, 0.25) is 0 Å². The third kappa shape index (κ3) is 5.37. The van der Waals surface area contributed by atoms with Crippen LogP contribution < -0.4 is 9.47 Å². The minimum absolute atomic E-state index is 0.00808. The number of fused-ring (bicyclic) bond motifs is 1. The lowest BCUT2D eigenvalue weighted by atomic mass is 10.1. The van der Waals surface area contributed by atoms with Crippen molar-refractivity contribution < 1.29 is 14.3 Å². The number of carbonyl (C=O) groups is 1. The van der Waals surface area contributed by atoms with E-state index in [-0.39, 0.29) is 12.0 Å². The highest BCUT2D eigenvalue weighted by Gasteiger charge is 2.27. The number of hydrogen-bond donors (Lipinski definition) is 0. The summed E-state index contributed by atoms with van der Waals surface area (Å²) in [6, 6.07) is 28.0. The van der Waals surface area contributed by atoms with E-state index in [1.165, 1.54) is 0 Å². The summed E-state index contributed by atoms with van der Waals surface area (Å²) < 4.78 is 12.2. The molecule has 3 aromatic carbocycles. The monoisotopic (exact) mass is 452 g/mol. The lowest BCUT2D eigenvalue weighted by Crippen LogP contribution is -2.31. The molecule has 0 radical (unpaired) electrons. The molecule has 1 aliphatic rings. The summed E-state index contributed by atoms with van der Waals surface area (Å²) >= 11 is 0. The molecule has 1 atom stereocenters. The first-order valence-corrected chi connectivity index (χ1v) is 11.8. The molecule has 1 aliphatic heterocycles. The maximum atomic E-state index is 12.9. The largest absolute Gasteiger partial charge is 0.489 e. The highest BCUT2D eigenvalue weighted by Crippen LogP contribution is 2.26. The van der Waals surface area contributed by atoms with Gasteiger partial charge in [-0.25, -0.2) is 0 Å². The Morgan fingerprint density at radius 1 is 0.941 bits per heavy atom. The van der Waals surface area contributed by atoms with Gasteiger partial charge < -0.3 is 14.4 Å². The second-order valence-electron chi connectivity index (χ2n) is 8.62. The minimum atomic E-state index is -0.00808. The second kappa shape index (κ2) is 10.4. The summed E-state index contributed by atoms with van der Waals surface area (Å²) in [5.74, 6) is 1.77. The van der Waals surface area contributed by atoms with E-state index >= 15 is 0 Å². The van der Waals surface area contributed by atoms with Gasteiger partial charge in [0.15, 0.2) is 0 Å². The number of pyridine rings is 1. The first-order chi connectivity index (χ1) is 16.7. The highest BCUT2D eigenvalue weighted by atomic mass is 16.5. The molecule has 1 unspecified atom stereocenters. The fourth-order valence-electron chi connectivity index (χ4n) is 4.34. The van der Waals surface area contributed by atoms with Crippen LogP contribution in [-0.2, 0) is 17.8 Å². The summed E-state index contributed by atoms with van der Waals surface area (Å²) in [6.45, 7) is 1.87. The predicted molar refractivity (Wildman–Crippen MR) is 133 cm³/mol. The molecule has 5 heteroatoms. The van der Waals surface area contributed by atoms with E-state index in [1.807, 2.05) is 89.8 Å². The number of likely N-dealkylation sites (tertiary alicyclic amines) is 1. The fourth-order valence-corrected chi connectivity index (χ4v) is 4.34. The number of aryl methyl sites for hydroxylation is 1. The Morgan fingerprint density at radius 3 is 2.68 bits per heavy atom. The molecule has 5 rings (SSSR count). The summed E-state index contributed by atoms with van der Waals surface area (Å²) in [4.78, 5) is 19.2. The third-order valence-electron chi connectivity index (χ3n) is 6.16. The summed E-state index contributed by atoms with van der Waals surface area (Å²) in [5.41, 5.74) is 3.10. The molecule has 4 aromatic rings. The molecule has 1 amide bonds. The smallest absolute Gasteiger partial charge is 0.223 e. The number of para-hydroxylation sites is 1. The van der Waals surface area contributed by atoms with E-state index in [0.717, 1.165) is 46.5 Å². The lowest BCUT2D eigenvalue weighted by molar-refractivity contribution is -0.130. The van der Waals surface area contributed by atoms with E-state index in [9.17, 15) is 4.79 Å². The maximum Gasteiger partial charge on any atom is 0.223 e.